The maximum absolute atomic E-state index is 5.74. The van der Waals surface area contributed by atoms with Crippen LogP contribution in [-0.2, 0) is 9.84 Å². The lowest BCUT2D eigenvalue weighted by Crippen LogP contribution is -2.12. The first kappa shape index (κ1) is 17.2. The maximum atomic E-state index is 5.74. The molecule has 0 fully saturated rings. The van der Waals surface area contributed by atoms with Gasteiger partial charge in [-0.25, -0.2) is 0 Å². The minimum atomic E-state index is -0.511. The first-order valence-electron chi connectivity index (χ1n) is 7.44. The normalized spacial score (nSPS) is 13.9. The van der Waals surface area contributed by atoms with E-state index in [0.29, 0.717) is 0 Å². The van der Waals surface area contributed by atoms with Crippen LogP contribution in [-0.4, -0.2) is 15.8 Å². The lowest BCUT2D eigenvalue weighted by atomic mass is 9.86. The van der Waals surface area contributed by atoms with Crippen molar-refractivity contribution in [2.24, 2.45) is 0 Å². The summed E-state index contributed by atoms with van der Waals surface area (Å²) in [6.45, 7) is 6.66. The van der Waals surface area contributed by atoms with Crippen LogP contribution < -0.4 is 0 Å². The van der Waals surface area contributed by atoms with Crippen LogP contribution in [0.2, 0.25) is 0 Å². The first-order chi connectivity index (χ1) is 10.5. The van der Waals surface area contributed by atoms with E-state index in [0.717, 1.165) is 22.7 Å². The van der Waals surface area contributed by atoms with Crippen molar-refractivity contribution in [2.45, 2.75) is 33.6 Å². The summed E-state index contributed by atoms with van der Waals surface area (Å²) in [5.41, 5.74) is 3.67. The van der Waals surface area contributed by atoms with E-state index < -0.39 is 10.0 Å². The standard InChI is InChI=1S/C19H20O2Si.CH4/c1-19(2,3)16-11-9-15(10-12-16)18-13-17(20-22-21-18)14-7-5-4-6-8-14;/h4-13,22H,1-3H3;1H4. The molecule has 0 aliphatic carbocycles. The highest BCUT2D eigenvalue weighted by atomic mass is 28.2. The molecule has 0 atom stereocenters. The summed E-state index contributed by atoms with van der Waals surface area (Å²) in [7, 11) is -0.511. The summed E-state index contributed by atoms with van der Waals surface area (Å²) in [6, 6.07) is 18.7. The minimum absolute atomic E-state index is 0. The second-order valence-corrected chi connectivity index (χ2v) is 7.06. The molecule has 23 heavy (non-hydrogen) atoms. The number of ketones is 1. The number of hydrogen-bond acceptors (Lipinski definition) is 1. The molecule has 1 heterocycles. The van der Waals surface area contributed by atoms with Crippen molar-refractivity contribution < 1.29 is 8.54 Å². The van der Waals surface area contributed by atoms with Crippen LogP contribution >= 0.6 is 0 Å². The van der Waals surface area contributed by atoms with Crippen molar-refractivity contribution in [3.8, 4) is 0 Å². The topological polar surface area (TPSA) is 20.5 Å². The summed E-state index contributed by atoms with van der Waals surface area (Å²) >= 11 is 0. The monoisotopic (exact) mass is 324 g/mol. The van der Waals surface area contributed by atoms with Crippen LogP contribution in [0.1, 0.15) is 49.0 Å². The van der Waals surface area contributed by atoms with Gasteiger partial charge in [0.1, 0.15) is 0 Å². The van der Waals surface area contributed by atoms with Gasteiger partial charge in [0.05, 0.1) is 17.4 Å². The Kier molecular flexibility index (Phi) is 5.22. The highest BCUT2D eigenvalue weighted by Crippen LogP contribution is 2.25. The quantitative estimate of drug-likeness (QED) is 0.580. The van der Waals surface area contributed by atoms with Gasteiger partial charge in [0.2, 0.25) is 0 Å². The van der Waals surface area contributed by atoms with Gasteiger partial charge in [-0.2, -0.15) is 0 Å². The average Bonchev–Trinajstić information content (AvgIpc) is 2.55. The van der Waals surface area contributed by atoms with Crippen molar-refractivity contribution in [3.05, 3.63) is 77.4 Å². The molecule has 2 aromatic rings. The van der Waals surface area contributed by atoms with E-state index in [2.05, 4.69) is 57.2 Å². The largest absolute Gasteiger partial charge is 0.618 e. The molecule has 120 valence electrons. The minimum Gasteiger partial charge on any atom is -0.618 e. The third-order valence-electron chi connectivity index (χ3n) is 3.71. The van der Waals surface area contributed by atoms with Gasteiger partial charge in [-0.15, -0.1) is 0 Å². The second kappa shape index (κ2) is 6.96. The Balaban J connectivity index is 0.00000192. The second-order valence-electron chi connectivity index (χ2n) is 6.40. The Morgan fingerprint density at radius 1 is 0.870 bits per heavy atom. The number of allylic oxidation sites excluding steroid dienone is 1. The van der Waals surface area contributed by atoms with Crippen molar-refractivity contribution >= 4 is 21.5 Å². The molecule has 0 saturated carbocycles. The molecule has 0 spiro atoms. The molecular weight excluding hydrogens is 300 g/mol. The van der Waals surface area contributed by atoms with Gasteiger partial charge in [0, 0.05) is 5.56 Å². The predicted octanol–water partition coefficient (Wildman–Crippen LogP) is 4.68. The molecule has 0 aromatic heterocycles. The third-order valence-corrected chi connectivity index (χ3v) is 4.41. The number of carbonyl (C=O) groups excluding carboxylic acids is 1. The Hall–Kier alpha value is -2.13. The van der Waals surface area contributed by atoms with Crippen molar-refractivity contribution in [1.82, 2.24) is 0 Å². The Morgan fingerprint density at radius 3 is 2.13 bits per heavy atom. The third kappa shape index (κ3) is 3.99. The summed E-state index contributed by atoms with van der Waals surface area (Å²) in [4.78, 5) is 0. The van der Waals surface area contributed by atoms with E-state index in [1.165, 1.54) is 5.56 Å². The SMILES string of the molecule is C.CC(C)(C)c1ccc(C2=CC(c3ccccc3)=[O+][SiH-]O2)cc1. The average molecular weight is 324 g/mol. The fraction of sp³-hybridized carbons (Fsp3) is 0.250. The molecule has 3 heteroatoms. The zero-order valence-electron chi connectivity index (χ0n) is 13.2. The van der Waals surface area contributed by atoms with E-state index in [4.69, 9.17) is 8.54 Å². The molecule has 3 rings (SSSR count). The zero-order valence-corrected chi connectivity index (χ0v) is 14.3. The van der Waals surface area contributed by atoms with Crippen LogP contribution in [0, 0.1) is 0 Å². The Labute approximate surface area is 141 Å². The highest BCUT2D eigenvalue weighted by Gasteiger charge is 2.17. The summed E-state index contributed by atoms with van der Waals surface area (Å²) in [6.07, 6.45) is 1.98. The van der Waals surface area contributed by atoms with Crippen molar-refractivity contribution in [3.63, 3.8) is 0 Å². The number of rotatable bonds is 2. The van der Waals surface area contributed by atoms with Gasteiger partial charge in [-0.1, -0.05) is 70.7 Å². The Bertz CT molecular complexity index is 708. The molecule has 1 aliphatic rings. The molecule has 0 amide bonds. The maximum Gasteiger partial charge on any atom is 0.440 e. The summed E-state index contributed by atoms with van der Waals surface area (Å²) in [5.74, 6) is 1.78. The van der Waals surface area contributed by atoms with Crippen LogP contribution in [0.5, 0.6) is 0 Å². The molecule has 1 aliphatic heterocycles. The van der Waals surface area contributed by atoms with E-state index in [-0.39, 0.29) is 12.8 Å². The van der Waals surface area contributed by atoms with Crippen LogP contribution in [0.25, 0.3) is 5.76 Å². The van der Waals surface area contributed by atoms with Gasteiger partial charge in [0.25, 0.3) is 5.78 Å². The smallest absolute Gasteiger partial charge is 0.440 e. The molecule has 0 bridgehead atoms. The fourth-order valence-electron chi connectivity index (χ4n) is 2.35. The molecule has 0 saturated heterocycles. The highest BCUT2D eigenvalue weighted by molar-refractivity contribution is 6.25. The zero-order chi connectivity index (χ0) is 15.6. The molecule has 0 N–H and O–H groups in total. The first-order valence-corrected chi connectivity index (χ1v) is 8.38. The van der Waals surface area contributed by atoms with E-state index in [1.807, 2.05) is 24.3 Å². The fourth-order valence-corrected chi connectivity index (χ4v) is 3.02. The van der Waals surface area contributed by atoms with Crippen LogP contribution in [0.3, 0.4) is 0 Å². The van der Waals surface area contributed by atoms with Gasteiger partial charge >= 0.3 is 10.0 Å². The van der Waals surface area contributed by atoms with Crippen molar-refractivity contribution in [1.29, 1.82) is 0 Å². The van der Waals surface area contributed by atoms with Gasteiger partial charge in [-0.3, -0.25) is 0 Å². The Morgan fingerprint density at radius 2 is 1.52 bits per heavy atom. The predicted molar refractivity (Wildman–Crippen MR) is 98.9 cm³/mol. The van der Waals surface area contributed by atoms with Gasteiger partial charge < -0.3 is 8.54 Å². The van der Waals surface area contributed by atoms with Crippen LogP contribution in [0.4, 0.5) is 0 Å². The molecule has 2 nitrogen and oxygen atoms in total. The lowest BCUT2D eigenvalue weighted by Gasteiger charge is -2.20. The molecular formula is C20H24O2Si. The van der Waals surface area contributed by atoms with Crippen LogP contribution in [0.15, 0.2) is 60.7 Å². The van der Waals surface area contributed by atoms with E-state index in [9.17, 15) is 0 Å². The number of benzene rings is 2. The summed E-state index contributed by atoms with van der Waals surface area (Å²) in [5, 5.41) is 0. The van der Waals surface area contributed by atoms with Gasteiger partial charge in [0.15, 0.2) is 0 Å². The molecule has 2 aromatic carbocycles. The van der Waals surface area contributed by atoms with Crippen molar-refractivity contribution in [2.75, 3.05) is 0 Å². The van der Waals surface area contributed by atoms with E-state index in [1.54, 1.807) is 0 Å². The molecule has 0 radical (unpaired) electrons. The number of hydrogen-bond donors (Lipinski definition) is 0. The summed E-state index contributed by atoms with van der Waals surface area (Å²) < 4.78 is 11.4. The van der Waals surface area contributed by atoms with E-state index >= 15 is 0 Å². The lowest BCUT2D eigenvalue weighted by molar-refractivity contribution is -0.101. The molecule has 0 unspecified atom stereocenters. The van der Waals surface area contributed by atoms with Gasteiger partial charge in [-0.05, 0) is 23.1 Å².